The predicted molar refractivity (Wildman–Crippen MR) is 145 cm³/mol. The summed E-state index contributed by atoms with van der Waals surface area (Å²) in [6.07, 6.45) is -0.726. The molecule has 0 radical (unpaired) electrons. The van der Waals surface area contributed by atoms with E-state index in [-0.39, 0.29) is 19.1 Å². The van der Waals surface area contributed by atoms with Crippen molar-refractivity contribution < 1.29 is 24.2 Å². The number of aliphatic hydroxyl groups is 1. The van der Waals surface area contributed by atoms with Crippen LogP contribution in [0.4, 0.5) is 10.5 Å². The highest BCUT2D eigenvalue weighted by Crippen LogP contribution is 2.27. The van der Waals surface area contributed by atoms with E-state index in [9.17, 15) is 19.5 Å². The van der Waals surface area contributed by atoms with E-state index in [0.717, 1.165) is 16.7 Å². The van der Waals surface area contributed by atoms with Crippen molar-refractivity contribution in [2.75, 3.05) is 18.5 Å². The number of alkyl carbamates (subject to hydrolysis) is 1. The van der Waals surface area contributed by atoms with E-state index in [1.807, 2.05) is 57.2 Å². The van der Waals surface area contributed by atoms with Crippen LogP contribution in [0.5, 0.6) is 0 Å². The number of aliphatic hydroxyl groups excluding tert-OH is 1. The number of rotatable bonds is 9. The summed E-state index contributed by atoms with van der Waals surface area (Å²) in [6, 6.07) is 11.0. The zero-order chi connectivity index (χ0) is 27.9. The highest BCUT2D eigenvalue weighted by atomic mass is 16.6. The number of ether oxygens (including phenoxy) is 1. The number of hydrogen-bond acceptors (Lipinski definition) is 5. The van der Waals surface area contributed by atoms with Gasteiger partial charge in [-0.1, -0.05) is 50.2 Å². The monoisotopic (exact) mass is 511 g/mol. The zero-order valence-corrected chi connectivity index (χ0v) is 23.2. The van der Waals surface area contributed by atoms with Gasteiger partial charge in [0.05, 0.1) is 6.61 Å². The Bertz CT molecular complexity index is 1110. The van der Waals surface area contributed by atoms with Gasteiger partial charge < -0.3 is 25.4 Å². The molecule has 0 saturated heterocycles. The molecule has 0 aliphatic rings. The lowest BCUT2D eigenvalue weighted by Crippen LogP contribution is -2.55. The minimum absolute atomic E-state index is 0.100. The molecule has 37 heavy (non-hydrogen) atoms. The van der Waals surface area contributed by atoms with Gasteiger partial charge in [0.15, 0.2) is 0 Å². The van der Waals surface area contributed by atoms with Crippen molar-refractivity contribution in [3.05, 3.63) is 64.7 Å². The van der Waals surface area contributed by atoms with Gasteiger partial charge in [0.25, 0.3) is 5.91 Å². The van der Waals surface area contributed by atoms with Crippen molar-refractivity contribution in [2.45, 2.75) is 73.1 Å². The molecule has 2 aromatic rings. The Morgan fingerprint density at radius 1 is 0.973 bits per heavy atom. The summed E-state index contributed by atoms with van der Waals surface area (Å²) in [7, 11) is 0. The molecule has 3 amide bonds. The second-order valence-electron chi connectivity index (χ2n) is 10.7. The van der Waals surface area contributed by atoms with Gasteiger partial charge in [-0.05, 0) is 75.8 Å². The predicted octanol–water partition coefficient (Wildman–Crippen LogP) is 4.66. The minimum atomic E-state index is -1.04. The smallest absolute Gasteiger partial charge is 0.408 e. The first kappa shape index (κ1) is 29.8. The summed E-state index contributed by atoms with van der Waals surface area (Å²) in [6.45, 7) is 14.2. The van der Waals surface area contributed by atoms with Crippen molar-refractivity contribution in [1.29, 1.82) is 0 Å². The van der Waals surface area contributed by atoms with Crippen molar-refractivity contribution in [3.63, 3.8) is 0 Å². The van der Waals surface area contributed by atoms with Crippen LogP contribution in [0, 0.1) is 26.7 Å². The largest absolute Gasteiger partial charge is 0.444 e. The Kier molecular flexibility index (Phi) is 10.3. The van der Waals surface area contributed by atoms with E-state index < -0.39 is 35.6 Å². The molecule has 0 spiro atoms. The third-order valence-electron chi connectivity index (χ3n) is 6.04. The fourth-order valence-corrected chi connectivity index (χ4v) is 3.92. The lowest BCUT2D eigenvalue weighted by Gasteiger charge is -2.35. The fraction of sp³-hybridized carbons (Fsp3) is 0.483. The Balaban J connectivity index is 2.53. The van der Waals surface area contributed by atoms with E-state index in [1.165, 1.54) is 4.90 Å². The molecule has 0 fully saturated rings. The second-order valence-corrected chi connectivity index (χ2v) is 10.7. The van der Waals surface area contributed by atoms with Crippen molar-refractivity contribution in [3.8, 4) is 0 Å². The summed E-state index contributed by atoms with van der Waals surface area (Å²) in [5.74, 6) is -1.21. The van der Waals surface area contributed by atoms with Gasteiger partial charge in [-0.3, -0.25) is 9.59 Å². The van der Waals surface area contributed by atoms with Gasteiger partial charge in [0.2, 0.25) is 5.91 Å². The number of benzene rings is 2. The molecule has 2 unspecified atom stereocenters. The molecule has 0 aromatic heterocycles. The molecule has 0 aliphatic heterocycles. The average Bonchev–Trinajstić information content (AvgIpc) is 2.79. The highest BCUT2D eigenvalue weighted by molar-refractivity contribution is 5.99. The lowest BCUT2D eigenvalue weighted by atomic mass is 9.96. The molecule has 8 heteroatoms. The molecular formula is C29H41N3O5. The summed E-state index contributed by atoms with van der Waals surface area (Å²) >= 11 is 0. The van der Waals surface area contributed by atoms with Crippen LogP contribution in [-0.4, -0.2) is 52.7 Å². The van der Waals surface area contributed by atoms with Crippen molar-refractivity contribution in [1.82, 2.24) is 10.2 Å². The van der Waals surface area contributed by atoms with Gasteiger partial charge in [-0.2, -0.15) is 0 Å². The number of carbonyl (C=O) groups excluding carboxylic acids is 3. The molecule has 0 aliphatic carbocycles. The first-order chi connectivity index (χ1) is 17.2. The van der Waals surface area contributed by atoms with Crippen LogP contribution >= 0.6 is 0 Å². The highest BCUT2D eigenvalue weighted by Gasteiger charge is 2.37. The second kappa shape index (κ2) is 12.7. The molecule has 2 aromatic carbocycles. The van der Waals surface area contributed by atoms with Crippen molar-refractivity contribution in [2.24, 2.45) is 5.92 Å². The Morgan fingerprint density at radius 2 is 1.62 bits per heavy atom. The van der Waals surface area contributed by atoms with Crippen molar-refractivity contribution >= 4 is 23.6 Å². The van der Waals surface area contributed by atoms with E-state index in [0.29, 0.717) is 11.3 Å². The van der Waals surface area contributed by atoms with Crippen LogP contribution in [0.3, 0.4) is 0 Å². The summed E-state index contributed by atoms with van der Waals surface area (Å²) in [5.41, 5.74) is 3.39. The summed E-state index contributed by atoms with van der Waals surface area (Å²) in [4.78, 5) is 41.6. The number of nitrogens with one attached hydrogen (secondary N) is 2. The standard InChI is InChI=1S/C29H41N3O5/c1-18(2)24(31-28(36)37-29(6,7)8)27(35)32(15-16-33)25(22-14-13-19(3)21(5)17-22)26(34)30-23-12-10-9-11-20(23)4/h9-14,17-18,24-25,33H,15-16H2,1-8H3,(H,30,34)(H,31,36). The molecule has 0 saturated carbocycles. The van der Waals surface area contributed by atoms with E-state index in [4.69, 9.17) is 4.74 Å². The van der Waals surface area contributed by atoms with E-state index >= 15 is 0 Å². The Labute approximate surface area is 220 Å². The molecule has 202 valence electrons. The van der Waals surface area contributed by atoms with Crippen LogP contribution < -0.4 is 10.6 Å². The lowest BCUT2D eigenvalue weighted by molar-refractivity contribution is -0.142. The number of amides is 3. The number of nitrogens with zero attached hydrogens (tertiary/aromatic N) is 1. The normalized spacial score (nSPS) is 13.0. The van der Waals surface area contributed by atoms with Crippen LogP contribution in [0.1, 0.15) is 62.9 Å². The average molecular weight is 512 g/mol. The van der Waals surface area contributed by atoms with Gasteiger partial charge >= 0.3 is 6.09 Å². The van der Waals surface area contributed by atoms with Crippen LogP contribution in [0.25, 0.3) is 0 Å². The number of aryl methyl sites for hydroxylation is 3. The van der Waals surface area contributed by atoms with Gasteiger partial charge in [-0.25, -0.2) is 4.79 Å². The number of hydrogen-bond donors (Lipinski definition) is 3. The maximum atomic E-state index is 13.9. The topological polar surface area (TPSA) is 108 Å². The van der Waals surface area contributed by atoms with E-state index in [1.54, 1.807) is 40.7 Å². The maximum absolute atomic E-state index is 13.9. The third-order valence-corrected chi connectivity index (χ3v) is 6.04. The van der Waals surface area contributed by atoms with Gasteiger partial charge in [-0.15, -0.1) is 0 Å². The molecule has 0 heterocycles. The van der Waals surface area contributed by atoms with E-state index in [2.05, 4.69) is 10.6 Å². The fourth-order valence-electron chi connectivity index (χ4n) is 3.92. The Morgan fingerprint density at radius 3 is 2.16 bits per heavy atom. The first-order valence-electron chi connectivity index (χ1n) is 12.6. The van der Waals surface area contributed by atoms with Gasteiger partial charge in [0, 0.05) is 12.2 Å². The van der Waals surface area contributed by atoms with Crippen LogP contribution in [-0.2, 0) is 14.3 Å². The maximum Gasteiger partial charge on any atom is 0.408 e. The SMILES string of the molecule is Cc1ccc(C(C(=O)Nc2ccccc2C)N(CCO)C(=O)C(NC(=O)OC(C)(C)C)C(C)C)cc1C. The quantitative estimate of drug-likeness (QED) is 0.454. The van der Waals surface area contributed by atoms with Crippen LogP contribution in [0.15, 0.2) is 42.5 Å². The molecule has 0 bridgehead atoms. The van der Waals surface area contributed by atoms with Crippen LogP contribution in [0.2, 0.25) is 0 Å². The molecular weight excluding hydrogens is 470 g/mol. The summed E-state index contributed by atoms with van der Waals surface area (Å²) < 4.78 is 5.37. The number of carbonyl (C=O) groups is 3. The first-order valence-corrected chi connectivity index (χ1v) is 12.6. The molecule has 8 nitrogen and oxygen atoms in total. The summed E-state index contributed by atoms with van der Waals surface area (Å²) in [5, 5.41) is 15.5. The Hall–Kier alpha value is -3.39. The third kappa shape index (κ3) is 8.32. The number of para-hydroxylation sites is 1. The molecule has 2 rings (SSSR count). The number of anilines is 1. The zero-order valence-electron chi connectivity index (χ0n) is 23.2. The molecule has 2 atom stereocenters. The minimum Gasteiger partial charge on any atom is -0.444 e. The molecule has 3 N–H and O–H groups in total. The van der Waals surface area contributed by atoms with Gasteiger partial charge in [0.1, 0.15) is 17.7 Å².